The van der Waals surface area contributed by atoms with Crippen molar-refractivity contribution in [1.29, 1.82) is 0 Å². The monoisotopic (exact) mass is 432 g/mol. The van der Waals surface area contributed by atoms with Gasteiger partial charge in [0.1, 0.15) is 10.6 Å². The van der Waals surface area contributed by atoms with Gasteiger partial charge in [-0.25, -0.2) is 13.4 Å². The maximum absolute atomic E-state index is 12.5. The van der Waals surface area contributed by atoms with Gasteiger partial charge in [0, 0.05) is 25.0 Å². The molecule has 3 rings (SSSR count). The van der Waals surface area contributed by atoms with Gasteiger partial charge in [-0.1, -0.05) is 12.1 Å². The number of ether oxygens (including phenoxy) is 1. The molecular formula is C18H19F3N2O3S2. The molecule has 10 heteroatoms. The van der Waals surface area contributed by atoms with E-state index >= 15 is 0 Å². The van der Waals surface area contributed by atoms with Gasteiger partial charge >= 0.3 is 6.18 Å². The normalized spacial score (nSPS) is 15.7. The molecule has 0 N–H and O–H groups in total. The highest BCUT2D eigenvalue weighted by Crippen LogP contribution is 2.26. The van der Waals surface area contributed by atoms with E-state index in [0.29, 0.717) is 23.9 Å². The van der Waals surface area contributed by atoms with Gasteiger partial charge in [0.15, 0.2) is 6.61 Å². The predicted octanol–water partition coefficient (Wildman–Crippen LogP) is 4.10. The number of benzene rings is 1. The summed E-state index contributed by atoms with van der Waals surface area (Å²) < 4.78 is 67.9. The number of hydrogen-bond acceptors (Lipinski definition) is 5. The van der Waals surface area contributed by atoms with Crippen molar-refractivity contribution < 1.29 is 26.3 Å². The SMILES string of the molecule is O=S(=O)(c1ccc(SCc2cccc(OCC(F)(F)F)c2)nc1)N1CCCC1. The molecule has 1 aromatic heterocycles. The summed E-state index contributed by atoms with van der Waals surface area (Å²) in [5.41, 5.74) is 0.778. The van der Waals surface area contributed by atoms with E-state index in [1.807, 2.05) is 0 Å². The third-order valence-electron chi connectivity index (χ3n) is 4.10. The molecule has 0 atom stereocenters. The first-order valence-corrected chi connectivity index (χ1v) is 11.0. The Hall–Kier alpha value is -1.78. The molecule has 0 aliphatic carbocycles. The lowest BCUT2D eigenvalue weighted by Gasteiger charge is -2.15. The van der Waals surface area contributed by atoms with Crippen LogP contribution in [0.15, 0.2) is 52.5 Å². The lowest BCUT2D eigenvalue weighted by molar-refractivity contribution is -0.153. The molecule has 0 saturated carbocycles. The Morgan fingerprint density at radius 2 is 1.89 bits per heavy atom. The van der Waals surface area contributed by atoms with E-state index in [2.05, 4.69) is 4.98 Å². The number of thioether (sulfide) groups is 1. The molecule has 1 aromatic carbocycles. The number of aromatic nitrogens is 1. The zero-order valence-electron chi connectivity index (χ0n) is 14.9. The molecule has 2 aromatic rings. The van der Waals surface area contributed by atoms with E-state index in [4.69, 9.17) is 4.74 Å². The van der Waals surface area contributed by atoms with Crippen molar-refractivity contribution >= 4 is 21.8 Å². The average molecular weight is 432 g/mol. The first-order chi connectivity index (χ1) is 13.2. The van der Waals surface area contributed by atoms with Crippen LogP contribution in [0.4, 0.5) is 13.2 Å². The van der Waals surface area contributed by atoms with Crippen molar-refractivity contribution in [2.45, 2.75) is 34.7 Å². The van der Waals surface area contributed by atoms with E-state index in [0.717, 1.165) is 18.4 Å². The summed E-state index contributed by atoms with van der Waals surface area (Å²) in [6.45, 7) is -0.269. The van der Waals surface area contributed by atoms with Gasteiger partial charge in [-0.2, -0.15) is 17.5 Å². The number of hydrogen-bond donors (Lipinski definition) is 0. The van der Waals surface area contributed by atoms with Crippen molar-refractivity contribution in [3.8, 4) is 5.75 Å². The van der Waals surface area contributed by atoms with Crippen LogP contribution in [0.1, 0.15) is 18.4 Å². The summed E-state index contributed by atoms with van der Waals surface area (Å²) in [5.74, 6) is 0.615. The van der Waals surface area contributed by atoms with Crippen LogP contribution in [0.5, 0.6) is 5.75 Å². The Bertz CT molecular complexity index is 897. The fraction of sp³-hybridized carbons (Fsp3) is 0.389. The van der Waals surface area contributed by atoms with E-state index in [1.165, 1.54) is 34.4 Å². The summed E-state index contributed by atoms with van der Waals surface area (Å²) in [5, 5.41) is 0.627. The van der Waals surface area contributed by atoms with Crippen LogP contribution < -0.4 is 4.74 Å². The molecule has 0 amide bonds. The van der Waals surface area contributed by atoms with E-state index in [-0.39, 0.29) is 10.6 Å². The first kappa shape index (κ1) is 20.9. The van der Waals surface area contributed by atoms with E-state index < -0.39 is 22.8 Å². The van der Waals surface area contributed by atoms with Gasteiger partial charge in [-0.3, -0.25) is 0 Å². The van der Waals surface area contributed by atoms with Crippen LogP contribution in [0, 0.1) is 0 Å². The third kappa shape index (κ3) is 5.62. The molecule has 28 heavy (non-hydrogen) atoms. The summed E-state index contributed by atoms with van der Waals surface area (Å²) in [7, 11) is -3.49. The lowest BCUT2D eigenvalue weighted by atomic mass is 10.2. The second-order valence-corrected chi connectivity index (χ2v) is 9.22. The Kier molecular flexibility index (Phi) is 6.51. The molecule has 1 aliphatic heterocycles. The van der Waals surface area contributed by atoms with Gasteiger partial charge in [-0.05, 0) is 42.7 Å². The number of rotatable bonds is 7. The number of pyridine rings is 1. The van der Waals surface area contributed by atoms with Crippen LogP contribution in [0.2, 0.25) is 0 Å². The highest BCUT2D eigenvalue weighted by molar-refractivity contribution is 7.98. The van der Waals surface area contributed by atoms with Crippen molar-refractivity contribution in [2.24, 2.45) is 0 Å². The highest BCUT2D eigenvalue weighted by atomic mass is 32.2. The molecular weight excluding hydrogens is 413 g/mol. The number of nitrogens with zero attached hydrogens (tertiary/aromatic N) is 2. The molecule has 5 nitrogen and oxygen atoms in total. The number of halogens is 3. The minimum Gasteiger partial charge on any atom is -0.484 e. The minimum atomic E-state index is -4.38. The molecule has 0 unspecified atom stereocenters. The molecule has 1 saturated heterocycles. The summed E-state index contributed by atoms with van der Waals surface area (Å²) in [6.07, 6.45) is -1.30. The smallest absolute Gasteiger partial charge is 0.422 e. The number of alkyl halides is 3. The molecule has 0 spiro atoms. The largest absolute Gasteiger partial charge is 0.484 e. The van der Waals surface area contributed by atoms with Crippen molar-refractivity contribution in [1.82, 2.24) is 9.29 Å². The van der Waals surface area contributed by atoms with Gasteiger partial charge in [-0.15, -0.1) is 11.8 Å². The molecule has 152 valence electrons. The minimum absolute atomic E-state index is 0.149. The Balaban J connectivity index is 1.59. The fourth-order valence-corrected chi connectivity index (χ4v) is 4.98. The van der Waals surface area contributed by atoms with Crippen LogP contribution in [-0.2, 0) is 15.8 Å². The zero-order chi connectivity index (χ0) is 20.2. The molecule has 2 heterocycles. The standard InChI is InChI=1S/C18H19F3N2O3S2/c19-18(20,21)13-26-15-5-3-4-14(10-15)12-27-17-7-6-16(11-22-17)28(24,25)23-8-1-2-9-23/h3-7,10-11H,1-2,8-9,12-13H2. The highest BCUT2D eigenvalue weighted by Gasteiger charge is 2.28. The molecule has 0 radical (unpaired) electrons. The second kappa shape index (κ2) is 8.71. The Morgan fingerprint density at radius 1 is 1.14 bits per heavy atom. The van der Waals surface area contributed by atoms with Crippen LogP contribution in [0.25, 0.3) is 0 Å². The van der Waals surface area contributed by atoms with Crippen LogP contribution >= 0.6 is 11.8 Å². The van der Waals surface area contributed by atoms with E-state index in [9.17, 15) is 21.6 Å². The molecule has 1 fully saturated rings. The van der Waals surface area contributed by atoms with Crippen molar-refractivity contribution in [3.63, 3.8) is 0 Å². The Morgan fingerprint density at radius 3 is 2.54 bits per heavy atom. The van der Waals surface area contributed by atoms with Crippen molar-refractivity contribution in [2.75, 3.05) is 19.7 Å². The number of sulfonamides is 1. The maximum Gasteiger partial charge on any atom is 0.422 e. The fourth-order valence-electron chi connectivity index (χ4n) is 2.73. The average Bonchev–Trinajstić information content (AvgIpc) is 3.21. The molecule has 0 bridgehead atoms. The Labute approximate surface area is 166 Å². The zero-order valence-corrected chi connectivity index (χ0v) is 16.5. The van der Waals surface area contributed by atoms with Crippen LogP contribution in [-0.4, -0.2) is 43.6 Å². The summed E-state index contributed by atoms with van der Waals surface area (Å²) in [6, 6.07) is 9.59. The van der Waals surface area contributed by atoms with Crippen molar-refractivity contribution in [3.05, 3.63) is 48.2 Å². The van der Waals surface area contributed by atoms with Gasteiger partial charge in [0.05, 0.1) is 5.03 Å². The first-order valence-electron chi connectivity index (χ1n) is 8.61. The van der Waals surface area contributed by atoms with Gasteiger partial charge in [0.25, 0.3) is 0 Å². The predicted molar refractivity (Wildman–Crippen MR) is 99.8 cm³/mol. The summed E-state index contributed by atoms with van der Waals surface area (Å²) >= 11 is 1.36. The maximum atomic E-state index is 12.5. The third-order valence-corrected chi connectivity index (χ3v) is 7.00. The lowest BCUT2D eigenvalue weighted by Crippen LogP contribution is -2.27. The van der Waals surface area contributed by atoms with Gasteiger partial charge in [0.2, 0.25) is 10.0 Å². The van der Waals surface area contributed by atoms with Gasteiger partial charge < -0.3 is 4.74 Å². The topological polar surface area (TPSA) is 59.5 Å². The molecule has 1 aliphatic rings. The second-order valence-electron chi connectivity index (χ2n) is 6.28. The summed E-state index contributed by atoms with van der Waals surface area (Å²) in [4.78, 5) is 4.37. The van der Waals surface area contributed by atoms with Crippen LogP contribution in [0.3, 0.4) is 0 Å². The quantitative estimate of drug-likeness (QED) is 0.617. The van der Waals surface area contributed by atoms with E-state index in [1.54, 1.807) is 24.3 Å².